The topological polar surface area (TPSA) is 55.8 Å². The molecule has 1 aromatic rings. The van der Waals surface area contributed by atoms with Crippen molar-refractivity contribution in [3.63, 3.8) is 0 Å². The molecule has 1 saturated heterocycles. The third-order valence-corrected chi connectivity index (χ3v) is 4.95. The van der Waals surface area contributed by atoms with E-state index in [-0.39, 0.29) is 24.5 Å². The molecule has 23 heavy (non-hydrogen) atoms. The molecule has 1 aliphatic heterocycles. The standard InChI is InChI=1S/C18H23NO4/c1-22-18(21)16-11-13-7-5-6-10-15(13)19(16)17(20)12-23-14-8-3-2-4-9-14/h2-4,8-9,13,15-16H,5-7,10-12H2,1H3/t13-,15+,16-/m0/s1. The number of amides is 1. The second-order valence-corrected chi connectivity index (χ2v) is 6.29. The van der Waals surface area contributed by atoms with Crippen LogP contribution in [-0.4, -0.2) is 42.6 Å². The van der Waals surface area contributed by atoms with E-state index in [9.17, 15) is 9.59 Å². The van der Waals surface area contributed by atoms with Crippen LogP contribution >= 0.6 is 0 Å². The minimum Gasteiger partial charge on any atom is -0.484 e. The fourth-order valence-corrected chi connectivity index (χ4v) is 3.90. The molecule has 0 radical (unpaired) electrons. The summed E-state index contributed by atoms with van der Waals surface area (Å²) in [5.41, 5.74) is 0. The van der Waals surface area contributed by atoms with Gasteiger partial charge in [-0.3, -0.25) is 4.79 Å². The molecule has 2 aliphatic rings. The fraction of sp³-hybridized carbons (Fsp3) is 0.556. The number of methoxy groups -OCH3 is 1. The van der Waals surface area contributed by atoms with Gasteiger partial charge in [0, 0.05) is 6.04 Å². The molecule has 124 valence electrons. The number of rotatable bonds is 4. The van der Waals surface area contributed by atoms with Gasteiger partial charge in [0.2, 0.25) is 0 Å². The second-order valence-electron chi connectivity index (χ2n) is 6.29. The molecule has 1 aromatic carbocycles. The first kappa shape index (κ1) is 15.8. The number of carbonyl (C=O) groups is 2. The molecule has 3 atom stereocenters. The first-order valence-electron chi connectivity index (χ1n) is 8.27. The van der Waals surface area contributed by atoms with Gasteiger partial charge >= 0.3 is 5.97 Å². The van der Waals surface area contributed by atoms with Crippen LogP contribution in [0.2, 0.25) is 0 Å². The number of esters is 1. The van der Waals surface area contributed by atoms with Gasteiger partial charge in [-0.1, -0.05) is 31.0 Å². The van der Waals surface area contributed by atoms with E-state index in [0.717, 1.165) is 19.3 Å². The molecule has 3 rings (SSSR count). The molecule has 2 fully saturated rings. The van der Waals surface area contributed by atoms with Gasteiger partial charge in [-0.2, -0.15) is 0 Å². The summed E-state index contributed by atoms with van der Waals surface area (Å²) in [4.78, 5) is 26.5. The minimum atomic E-state index is -0.458. The number of carbonyl (C=O) groups excluding carboxylic acids is 2. The van der Waals surface area contributed by atoms with Gasteiger partial charge in [-0.05, 0) is 37.3 Å². The summed E-state index contributed by atoms with van der Waals surface area (Å²) in [5, 5.41) is 0. The summed E-state index contributed by atoms with van der Waals surface area (Å²) in [7, 11) is 1.38. The maximum atomic E-state index is 12.7. The predicted molar refractivity (Wildman–Crippen MR) is 85.0 cm³/mol. The molecule has 5 nitrogen and oxygen atoms in total. The van der Waals surface area contributed by atoms with Crippen molar-refractivity contribution in [3.8, 4) is 5.75 Å². The monoisotopic (exact) mass is 317 g/mol. The number of benzene rings is 1. The van der Waals surface area contributed by atoms with E-state index < -0.39 is 6.04 Å². The first-order valence-corrected chi connectivity index (χ1v) is 8.27. The van der Waals surface area contributed by atoms with E-state index in [0.29, 0.717) is 18.1 Å². The number of para-hydroxylation sites is 1. The van der Waals surface area contributed by atoms with E-state index in [1.54, 1.807) is 4.90 Å². The molecular weight excluding hydrogens is 294 g/mol. The van der Waals surface area contributed by atoms with E-state index in [1.165, 1.54) is 13.5 Å². The van der Waals surface area contributed by atoms with E-state index in [1.807, 2.05) is 30.3 Å². The highest BCUT2D eigenvalue weighted by Gasteiger charge is 2.47. The van der Waals surface area contributed by atoms with Crippen LogP contribution in [0, 0.1) is 5.92 Å². The summed E-state index contributed by atoms with van der Waals surface area (Å²) in [6.07, 6.45) is 5.06. The van der Waals surface area contributed by atoms with Crippen LogP contribution in [0.3, 0.4) is 0 Å². The molecule has 0 aromatic heterocycles. The van der Waals surface area contributed by atoms with E-state index in [4.69, 9.17) is 9.47 Å². The number of fused-ring (bicyclic) bond motifs is 1. The number of likely N-dealkylation sites (tertiary alicyclic amines) is 1. The van der Waals surface area contributed by atoms with E-state index >= 15 is 0 Å². The van der Waals surface area contributed by atoms with Gasteiger partial charge in [0.1, 0.15) is 11.8 Å². The lowest BCUT2D eigenvalue weighted by atomic mass is 9.85. The van der Waals surface area contributed by atoms with Crippen molar-refractivity contribution in [2.45, 2.75) is 44.2 Å². The van der Waals surface area contributed by atoms with Crippen LogP contribution in [0.15, 0.2) is 30.3 Å². The van der Waals surface area contributed by atoms with Crippen LogP contribution < -0.4 is 4.74 Å². The van der Waals surface area contributed by atoms with Gasteiger partial charge < -0.3 is 14.4 Å². The quantitative estimate of drug-likeness (QED) is 0.800. The predicted octanol–water partition coefficient (Wildman–Crippen LogP) is 2.40. The van der Waals surface area contributed by atoms with Crippen LogP contribution in [0.25, 0.3) is 0 Å². The molecule has 0 N–H and O–H groups in total. The zero-order valence-corrected chi connectivity index (χ0v) is 13.4. The average Bonchev–Trinajstić information content (AvgIpc) is 2.99. The number of ether oxygens (including phenoxy) is 2. The van der Waals surface area contributed by atoms with Crippen molar-refractivity contribution in [1.82, 2.24) is 4.90 Å². The fourth-order valence-electron chi connectivity index (χ4n) is 3.90. The smallest absolute Gasteiger partial charge is 0.328 e. The third kappa shape index (κ3) is 3.33. The highest BCUT2D eigenvalue weighted by atomic mass is 16.5. The summed E-state index contributed by atoms with van der Waals surface area (Å²) in [5.74, 6) is 0.634. The number of nitrogens with zero attached hydrogens (tertiary/aromatic N) is 1. The SMILES string of the molecule is COC(=O)[C@@H]1C[C@@H]2CCCC[C@H]2N1C(=O)COc1ccccc1. The molecule has 5 heteroatoms. The Balaban J connectivity index is 1.70. The van der Waals surface area contributed by atoms with Crippen LogP contribution in [-0.2, 0) is 14.3 Å². The van der Waals surface area contributed by atoms with Crippen molar-refractivity contribution >= 4 is 11.9 Å². The summed E-state index contributed by atoms with van der Waals surface area (Å²) in [6.45, 7) is -0.0409. The maximum absolute atomic E-state index is 12.7. The zero-order chi connectivity index (χ0) is 16.2. The largest absolute Gasteiger partial charge is 0.484 e. The lowest BCUT2D eigenvalue weighted by molar-refractivity contribution is -0.153. The zero-order valence-electron chi connectivity index (χ0n) is 13.4. The number of hydrogen-bond donors (Lipinski definition) is 0. The van der Waals surface area contributed by atoms with Crippen molar-refractivity contribution in [3.05, 3.63) is 30.3 Å². The Morgan fingerprint density at radius 2 is 1.91 bits per heavy atom. The van der Waals surface area contributed by atoms with Crippen molar-refractivity contribution < 1.29 is 19.1 Å². The van der Waals surface area contributed by atoms with Crippen LogP contribution in [0.5, 0.6) is 5.75 Å². The maximum Gasteiger partial charge on any atom is 0.328 e. The third-order valence-electron chi connectivity index (χ3n) is 4.95. The molecule has 1 saturated carbocycles. The van der Waals surface area contributed by atoms with Crippen molar-refractivity contribution in [1.29, 1.82) is 0 Å². The lowest BCUT2D eigenvalue weighted by Crippen LogP contribution is -2.48. The second kappa shape index (κ2) is 7.02. The Labute approximate surface area is 136 Å². The number of hydrogen-bond acceptors (Lipinski definition) is 4. The highest BCUT2D eigenvalue weighted by molar-refractivity contribution is 5.86. The molecular formula is C18H23NO4. The molecule has 1 amide bonds. The lowest BCUT2D eigenvalue weighted by Gasteiger charge is -2.33. The van der Waals surface area contributed by atoms with Gasteiger partial charge in [-0.15, -0.1) is 0 Å². The molecule has 1 heterocycles. The normalized spacial score (nSPS) is 26.5. The van der Waals surface area contributed by atoms with Gasteiger partial charge in [-0.25, -0.2) is 4.79 Å². The van der Waals surface area contributed by atoms with Crippen LogP contribution in [0.4, 0.5) is 0 Å². The molecule has 0 spiro atoms. The highest BCUT2D eigenvalue weighted by Crippen LogP contribution is 2.40. The van der Waals surface area contributed by atoms with E-state index in [2.05, 4.69) is 0 Å². The Morgan fingerprint density at radius 1 is 1.17 bits per heavy atom. The Morgan fingerprint density at radius 3 is 2.65 bits per heavy atom. The summed E-state index contributed by atoms with van der Waals surface area (Å²) in [6, 6.07) is 8.96. The molecule has 1 aliphatic carbocycles. The Kier molecular flexibility index (Phi) is 4.84. The van der Waals surface area contributed by atoms with Gasteiger partial charge in [0.15, 0.2) is 6.61 Å². The first-order chi connectivity index (χ1) is 11.2. The van der Waals surface area contributed by atoms with Gasteiger partial charge in [0.25, 0.3) is 5.91 Å². The molecule has 0 bridgehead atoms. The van der Waals surface area contributed by atoms with Crippen LogP contribution in [0.1, 0.15) is 32.1 Å². The molecule has 0 unspecified atom stereocenters. The summed E-state index contributed by atoms with van der Waals surface area (Å²) < 4.78 is 10.5. The summed E-state index contributed by atoms with van der Waals surface area (Å²) >= 11 is 0. The Hall–Kier alpha value is -2.04. The van der Waals surface area contributed by atoms with Crippen molar-refractivity contribution in [2.24, 2.45) is 5.92 Å². The van der Waals surface area contributed by atoms with Crippen molar-refractivity contribution in [2.75, 3.05) is 13.7 Å². The Bertz CT molecular complexity index is 559. The average molecular weight is 317 g/mol. The van der Waals surface area contributed by atoms with Gasteiger partial charge in [0.05, 0.1) is 7.11 Å². The minimum absolute atomic E-state index is 0.0409.